The molecule has 190 valence electrons. The first-order valence-corrected chi connectivity index (χ1v) is 11.7. The molecule has 0 saturated carbocycles. The van der Waals surface area contributed by atoms with Gasteiger partial charge in [0.15, 0.2) is 0 Å². The first-order valence-electron chi connectivity index (χ1n) is 11.3. The van der Waals surface area contributed by atoms with Crippen molar-refractivity contribution in [2.24, 2.45) is 5.92 Å². The molecule has 0 atom stereocenters. The minimum absolute atomic E-state index is 0.0302. The van der Waals surface area contributed by atoms with Gasteiger partial charge in [-0.3, -0.25) is 4.79 Å². The van der Waals surface area contributed by atoms with Crippen molar-refractivity contribution in [1.29, 1.82) is 0 Å². The highest BCUT2D eigenvalue weighted by molar-refractivity contribution is 6.30. The van der Waals surface area contributed by atoms with Crippen LogP contribution in [0.4, 0.5) is 10.2 Å². The molecule has 4 N–H and O–H groups in total. The molecule has 8 nitrogen and oxygen atoms in total. The Kier molecular flexibility index (Phi) is 10.6. The van der Waals surface area contributed by atoms with Crippen molar-refractivity contribution >= 4 is 34.4 Å². The standard InChI is InChI=1S/C21H21ClFN3O5.C4H10/c22-16-4-1-3-12(17(16)23)9-13-10-14-18(29)15(21(30)31)11-26(6-8-28)20(14)25-19(13)24-5-2-7-27;1-4(2)3/h1,3-4,10-11,27-28H,2,5-9H2,(H,24,25)(H,30,31);4H,1-3H3. The number of fused-ring (bicyclic) bond motifs is 1. The maximum Gasteiger partial charge on any atom is 0.341 e. The molecule has 0 spiro atoms. The number of carbonyl (C=O) groups is 1. The number of rotatable bonds is 9. The summed E-state index contributed by atoms with van der Waals surface area (Å²) in [6.07, 6.45) is 1.63. The van der Waals surface area contributed by atoms with E-state index in [9.17, 15) is 24.2 Å². The average molecular weight is 508 g/mol. The number of halogens is 2. The van der Waals surface area contributed by atoms with Gasteiger partial charge in [-0.15, -0.1) is 0 Å². The molecule has 0 bridgehead atoms. The van der Waals surface area contributed by atoms with E-state index in [1.54, 1.807) is 12.1 Å². The van der Waals surface area contributed by atoms with Crippen molar-refractivity contribution in [3.8, 4) is 0 Å². The fraction of sp³-hybridized carbons (Fsp3) is 0.400. The van der Waals surface area contributed by atoms with E-state index in [0.717, 1.165) is 12.1 Å². The number of nitrogens with one attached hydrogen (secondary N) is 1. The number of aliphatic hydroxyl groups is 2. The monoisotopic (exact) mass is 507 g/mol. The number of aromatic nitrogens is 2. The van der Waals surface area contributed by atoms with Gasteiger partial charge in [-0.2, -0.15) is 0 Å². The minimum Gasteiger partial charge on any atom is -0.477 e. The summed E-state index contributed by atoms with van der Waals surface area (Å²) in [5.74, 6) is -0.803. The van der Waals surface area contributed by atoms with Gasteiger partial charge < -0.3 is 25.2 Å². The molecular weight excluding hydrogens is 477 g/mol. The van der Waals surface area contributed by atoms with Crippen molar-refractivity contribution in [2.45, 2.75) is 40.2 Å². The predicted molar refractivity (Wildman–Crippen MR) is 135 cm³/mol. The van der Waals surface area contributed by atoms with Gasteiger partial charge >= 0.3 is 5.97 Å². The van der Waals surface area contributed by atoms with Crippen LogP contribution in [0.3, 0.4) is 0 Å². The normalized spacial score (nSPS) is 10.9. The van der Waals surface area contributed by atoms with E-state index in [2.05, 4.69) is 31.1 Å². The SMILES string of the molecule is CC(C)C.O=C(O)c1cn(CCO)c2nc(NCCCO)c(Cc3cccc(Cl)c3F)cc2c1=O. The summed E-state index contributed by atoms with van der Waals surface area (Å²) >= 11 is 5.88. The lowest BCUT2D eigenvalue weighted by atomic mass is 10.0. The van der Waals surface area contributed by atoms with E-state index in [1.165, 1.54) is 16.7 Å². The lowest BCUT2D eigenvalue weighted by Gasteiger charge is -2.16. The topological polar surface area (TPSA) is 125 Å². The van der Waals surface area contributed by atoms with Gasteiger partial charge in [0, 0.05) is 32.3 Å². The maximum atomic E-state index is 14.5. The zero-order chi connectivity index (χ0) is 26.1. The number of benzene rings is 1. The molecule has 0 aliphatic carbocycles. The highest BCUT2D eigenvalue weighted by Crippen LogP contribution is 2.26. The van der Waals surface area contributed by atoms with E-state index < -0.39 is 22.8 Å². The zero-order valence-electron chi connectivity index (χ0n) is 20.0. The highest BCUT2D eigenvalue weighted by Gasteiger charge is 2.19. The molecule has 0 aliphatic heterocycles. The van der Waals surface area contributed by atoms with Crippen LogP contribution in [-0.2, 0) is 13.0 Å². The summed E-state index contributed by atoms with van der Waals surface area (Å²) in [5, 5.41) is 30.9. The summed E-state index contributed by atoms with van der Waals surface area (Å²) in [6.45, 7) is 6.57. The number of pyridine rings is 2. The molecule has 2 aromatic heterocycles. The van der Waals surface area contributed by atoms with E-state index in [4.69, 9.17) is 16.7 Å². The number of aliphatic hydroxyl groups excluding tert-OH is 2. The van der Waals surface area contributed by atoms with Crippen LogP contribution in [0.2, 0.25) is 5.02 Å². The minimum atomic E-state index is -1.40. The lowest BCUT2D eigenvalue weighted by molar-refractivity contribution is 0.0694. The van der Waals surface area contributed by atoms with Crippen molar-refractivity contribution in [1.82, 2.24) is 9.55 Å². The Hall–Kier alpha value is -3.01. The Labute approximate surface area is 208 Å². The Morgan fingerprint density at radius 2 is 1.89 bits per heavy atom. The van der Waals surface area contributed by atoms with Crippen molar-refractivity contribution in [2.75, 3.05) is 25.1 Å². The quantitative estimate of drug-likeness (QED) is 0.323. The molecule has 2 heterocycles. The molecular formula is C25H31ClFN3O5. The summed E-state index contributed by atoms with van der Waals surface area (Å²) in [7, 11) is 0. The average Bonchev–Trinajstić information content (AvgIpc) is 2.79. The lowest BCUT2D eigenvalue weighted by Crippen LogP contribution is -2.21. The molecule has 1 aromatic carbocycles. The third-order valence-corrected chi connectivity index (χ3v) is 5.03. The summed E-state index contributed by atoms with van der Waals surface area (Å²) in [5.41, 5.74) is -0.251. The fourth-order valence-corrected chi connectivity index (χ4v) is 3.44. The zero-order valence-corrected chi connectivity index (χ0v) is 20.8. The van der Waals surface area contributed by atoms with Crippen LogP contribution in [0.1, 0.15) is 48.7 Å². The number of anilines is 1. The van der Waals surface area contributed by atoms with Crippen molar-refractivity contribution < 1.29 is 24.5 Å². The van der Waals surface area contributed by atoms with Gasteiger partial charge in [-0.25, -0.2) is 14.2 Å². The Balaban J connectivity index is 0.00000100. The first kappa shape index (κ1) is 28.2. The maximum absolute atomic E-state index is 14.5. The molecule has 0 amide bonds. The molecule has 3 rings (SSSR count). The Morgan fingerprint density at radius 1 is 1.20 bits per heavy atom. The van der Waals surface area contributed by atoms with Crippen molar-refractivity contribution in [3.05, 3.63) is 68.2 Å². The molecule has 0 fully saturated rings. The fourth-order valence-electron chi connectivity index (χ4n) is 3.25. The number of aromatic carboxylic acids is 1. The van der Waals surface area contributed by atoms with Crippen LogP contribution < -0.4 is 10.7 Å². The van der Waals surface area contributed by atoms with Gasteiger partial charge in [-0.05, 0) is 35.6 Å². The smallest absolute Gasteiger partial charge is 0.341 e. The second-order valence-corrected chi connectivity index (χ2v) is 8.99. The molecule has 3 aromatic rings. The Bertz CT molecular complexity index is 1230. The van der Waals surface area contributed by atoms with Crippen LogP contribution in [0, 0.1) is 11.7 Å². The van der Waals surface area contributed by atoms with E-state index in [1.807, 2.05) is 0 Å². The molecule has 0 aliphatic rings. The second kappa shape index (κ2) is 13.2. The van der Waals surface area contributed by atoms with Crippen LogP contribution >= 0.6 is 11.6 Å². The molecule has 0 saturated heterocycles. The summed E-state index contributed by atoms with van der Waals surface area (Å²) in [4.78, 5) is 28.8. The van der Waals surface area contributed by atoms with Gasteiger partial charge in [0.25, 0.3) is 0 Å². The van der Waals surface area contributed by atoms with Crippen LogP contribution in [0.25, 0.3) is 11.0 Å². The largest absolute Gasteiger partial charge is 0.477 e. The second-order valence-electron chi connectivity index (χ2n) is 8.59. The van der Waals surface area contributed by atoms with Crippen LogP contribution in [0.15, 0.2) is 35.3 Å². The van der Waals surface area contributed by atoms with Gasteiger partial charge in [0.1, 0.15) is 22.8 Å². The Morgan fingerprint density at radius 3 is 2.49 bits per heavy atom. The summed E-state index contributed by atoms with van der Waals surface area (Å²) < 4.78 is 15.9. The van der Waals surface area contributed by atoms with Gasteiger partial charge in [0.05, 0.1) is 17.0 Å². The van der Waals surface area contributed by atoms with Crippen molar-refractivity contribution in [3.63, 3.8) is 0 Å². The first-order chi connectivity index (χ1) is 16.6. The van der Waals surface area contributed by atoms with E-state index in [0.29, 0.717) is 24.3 Å². The van der Waals surface area contributed by atoms with Gasteiger partial charge in [-0.1, -0.05) is 44.5 Å². The summed E-state index contributed by atoms with van der Waals surface area (Å²) in [6, 6.07) is 6.06. The number of hydrogen-bond donors (Lipinski definition) is 4. The predicted octanol–water partition coefficient (Wildman–Crippen LogP) is 3.93. The number of carboxylic acid groups (broad SMARTS) is 1. The number of carboxylic acids is 1. The molecule has 0 unspecified atom stereocenters. The van der Waals surface area contributed by atoms with Gasteiger partial charge in [0.2, 0.25) is 5.43 Å². The molecule has 35 heavy (non-hydrogen) atoms. The van der Waals surface area contributed by atoms with E-state index >= 15 is 0 Å². The number of nitrogens with zero attached hydrogens (tertiary/aromatic N) is 2. The van der Waals surface area contributed by atoms with E-state index in [-0.39, 0.29) is 47.8 Å². The van der Waals surface area contributed by atoms with Crippen LogP contribution in [-0.4, -0.2) is 50.6 Å². The molecule has 0 radical (unpaired) electrons. The van der Waals surface area contributed by atoms with Crippen LogP contribution in [0.5, 0.6) is 0 Å². The molecule has 10 heteroatoms. The third kappa shape index (κ3) is 7.48. The third-order valence-electron chi connectivity index (χ3n) is 4.74. The number of hydrogen-bond acceptors (Lipinski definition) is 6. The highest BCUT2D eigenvalue weighted by atomic mass is 35.5.